The third-order valence-electron chi connectivity index (χ3n) is 23.7. The molecule has 0 fully saturated rings. The Labute approximate surface area is 768 Å². The van der Waals surface area contributed by atoms with Crippen LogP contribution in [0.3, 0.4) is 0 Å². The summed E-state index contributed by atoms with van der Waals surface area (Å²) in [5, 5.41) is 15.9. The van der Waals surface area contributed by atoms with Crippen molar-refractivity contribution < 1.29 is 27.4 Å². The zero-order valence-electron chi connectivity index (χ0n) is 81.2. The molecule has 2 aliphatic heterocycles. The van der Waals surface area contributed by atoms with Gasteiger partial charge in [-0.1, -0.05) is 151 Å². The predicted octanol–water partition coefficient (Wildman–Crippen LogP) is 23.2. The minimum atomic E-state index is -1.80. The minimum Gasteiger partial charge on any atom is -0.542 e. The maximum atomic E-state index is 6.37. The summed E-state index contributed by atoms with van der Waals surface area (Å²) >= 11 is 0. The molecular weight excluding hydrogens is 1660 g/mol. The van der Waals surface area contributed by atoms with Crippen LogP contribution in [0.2, 0.25) is 26.2 Å². The third kappa shape index (κ3) is 21.5. The molecule has 0 spiro atoms. The summed E-state index contributed by atoms with van der Waals surface area (Å²) in [4.78, 5) is 39.1. The van der Waals surface area contributed by atoms with Gasteiger partial charge in [0.1, 0.15) is 29.1 Å². The highest BCUT2D eigenvalue weighted by molar-refractivity contribution is 6.86. The topological polar surface area (TPSA) is 252 Å². The number of ether oxygens (including phenoxy) is 2. The molecule has 11 aromatic heterocycles. The van der Waals surface area contributed by atoms with Crippen LogP contribution in [0, 0.1) is 34.6 Å². The summed E-state index contributed by atoms with van der Waals surface area (Å²) in [6.07, 6.45) is 32.7. The standard InChI is InChI=1S/2C16H22N2OSi.C15H17N3O.C15H18N2.C14H16N4O.C14H19N3O.C13H17N3O/c1-11(2)13-6-7-15(18-8-12(3)17-10-18)16-14(13)9-20(4,5)19-16;1-11(2)13-6-7-15(18-8-12(3)17-10-18)16-14(13)9-19-20(16,4)5;1-4-11-8-18(9-16-11)14-6-5-12(10(2)3)13-7-17-19-15(13)14;1-10(2)12-6-7-15(14-5-4-13(12)14)17-8-11(3)16-9-17;1-4-13-15-8-18(17-13)12-6-5-10(9(2)3)11-7-16-19-14(11)12;1-5-18-14-13(17-8-11(4)15-9-17)7-6-12(16-14)10(2)3;1-9(2)11-5-6-12(13(15-11)17-4)16-7-10(3)14-8-16/h2*6-8,10-11H,9H2,1-5H3;5-10H,4H2,1-3H3;6-10H,4-5H2,1-3H3;5-9H,4H2,1-3H3;6-10H,5H2,1-4H3;5-9H,1-4H3. The van der Waals surface area contributed by atoms with Crippen molar-refractivity contribution in [1.29, 1.82) is 0 Å². The summed E-state index contributed by atoms with van der Waals surface area (Å²) < 4.78 is 48.3. The number of methoxy groups -OCH3 is 1. The van der Waals surface area contributed by atoms with E-state index in [-0.39, 0.29) is 0 Å². The van der Waals surface area contributed by atoms with E-state index in [9.17, 15) is 0 Å². The number of imidazole rings is 6. The number of benzene rings is 5. The summed E-state index contributed by atoms with van der Waals surface area (Å²) in [5.41, 5.74) is 30.0. The number of hydrogen-bond donors (Lipinski definition) is 0. The van der Waals surface area contributed by atoms with E-state index in [0.29, 0.717) is 59.8 Å². The van der Waals surface area contributed by atoms with Crippen molar-refractivity contribution in [3.8, 4) is 57.3 Å². The van der Waals surface area contributed by atoms with Gasteiger partial charge in [-0.25, -0.2) is 49.5 Å². The molecule has 16 aromatic rings. The number of pyridine rings is 2. The van der Waals surface area contributed by atoms with Crippen LogP contribution in [-0.4, -0.2) is 123 Å². The Balaban J connectivity index is 0.000000129. The van der Waals surface area contributed by atoms with E-state index < -0.39 is 16.6 Å². The molecule has 0 saturated heterocycles. The monoisotopic (exact) mass is 1790 g/mol. The highest BCUT2D eigenvalue weighted by Gasteiger charge is 2.40. The van der Waals surface area contributed by atoms with Gasteiger partial charge in [-0.3, -0.25) is 0 Å². The first-order valence-corrected chi connectivity index (χ1v) is 51.8. The van der Waals surface area contributed by atoms with E-state index in [1.165, 1.54) is 73.9 Å². The number of rotatable bonds is 19. The molecule has 0 amide bonds. The van der Waals surface area contributed by atoms with Crippen LogP contribution in [0.15, 0.2) is 188 Å². The van der Waals surface area contributed by atoms with E-state index in [1.54, 1.807) is 48.7 Å². The predicted molar refractivity (Wildman–Crippen MR) is 523 cm³/mol. The quantitative estimate of drug-likeness (QED) is 0.0682. The van der Waals surface area contributed by atoms with Crippen molar-refractivity contribution in [2.45, 2.75) is 258 Å². The van der Waals surface area contributed by atoms with Crippen molar-refractivity contribution in [1.82, 2.24) is 92.4 Å². The van der Waals surface area contributed by atoms with Crippen molar-refractivity contribution in [3.05, 3.63) is 280 Å². The average Bonchev–Trinajstić information content (AvgIpc) is 1.70. The van der Waals surface area contributed by atoms with Gasteiger partial charge >= 0.3 is 0 Å². The van der Waals surface area contributed by atoms with Crippen molar-refractivity contribution >= 4 is 43.8 Å². The van der Waals surface area contributed by atoms with Gasteiger partial charge in [0.05, 0.1) is 116 Å². The van der Waals surface area contributed by atoms with Gasteiger partial charge in [0.25, 0.3) is 0 Å². The first-order chi connectivity index (χ1) is 62.1. The number of fused-ring (bicyclic) bond motifs is 5. The van der Waals surface area contributed by atoms with E-state index >= 15 is 0 Å². The number of aryl methyl sites for hydroxylation is 7. The van der Waals surface area contributed by atoms with Gasteiger partial charge in [-0.05, 0) is 238 Å². The molecule has 0 bridgehead atoms. The molecule has 19 rings (SSSR count). The van der Waals surface area contributed by atoms with Crippen LogP contribution < -0.4 is 19.1 Å². The minimum absolute atomic E-state index is 0.391. The second-order valence-electron chi connectivity index (χ2n) is 37.0. The molecule has 0 unspecified atom stereocenters. The fourth-order valence-electron chi connectivity index (χ4n) is 16.8. The zero-order chi connectivity index (χ0) is 93.3. The number of aromatic nitrogens is 19. The zero-order valence-corrected chi connectivity index (χ0v) is 83.2. The van der Waals surface area contributed by atoms with Gasteiger partial charge in [-0.2, -0.15) is 5.10 Å². The van der Waals surface area contributed by atoms with Crippen LogP contribution in [-0.2, 0) is 42.8 Å². The summed E-state index contributed by atoms with van der Waals surface area (Å²) in [7, 11) is -1.78. The molecule has 3 aliphatic rings. The lowest BCUT2D eigenvalue weighted by Gasteiger charge is -2.27. The Hall–Kier alpha value is -12.5. The molecule has 682 valence electrons. The Kier molecular flexibility index (Phi) is 30.1. The fourth-order valence-corrected chi connectivity index (χ4v) is 21.2. The van der Waals surface area contributed by atoms with Crippen LogP contribution in [0.5, 0.6) is 17.5 Å². The highest BCUT2D eigenvalue weighted by Crippen LogP contribution is 2.43. The normalized spacial score (nSPS) is 13.2. The van der Waals surface area contributed by atoms with E-state index in [1.807, 2.05) is 136 Å². The molecule has 13 heterocycles. The van der Waals surface area contributed by atoms with Crippen molar-refractivity contribution in [2.75, 3.05) is 13.7 Å². The van der Waals surface area contributed by atoms with Crippen molar-refractivity contribution in [2.24, 2.45) is 0 Å². The Bertz CT molecular complexity index is 6410. The average molecular weight is 1790 g/mol. The van der Waals surface area contributed by atoms with Crippen LogP contribution >= 0.6 is 0 Å². The Morgan fingerprint density at radius 1 is 0.392 bits per heavy atom. The molecule has 1 aliphatic carbocycles. The molecule has 25 nitrogen and oxygen atoms in total. The van der Waals surface area contributed by atoms with Gasteiger partial charge in [0.15, 0.2) is 17.0 Å². The lowest BCUT2D eigenvalue weighted by molar-refractivity contribution is 0.318. The highest BCUT2D eigenvalue weighted by atomic mass is 28.4. The molecular formula is C103H131N19O6Si2. The second kappa shape index (κ2) is 41.1. The molecule has 0 atom stereocenters. The maximum absolute atomic E-state index is 6.37. The van der Waals surface area contributed by atoms with Gasteiger partial charge in [0.2, 0.25) is 28.4 Å². The van der Waals surface area contributed by atoms with Gasteiger partial charge in [-0.15, -0.1) is 0 Å². The lowest BCUT2D eigenvalue weighted by atomic mass is 9.80. The lowest BCUT2D eigenvalue weighted by Crippen LogP contribution is -2.42. The molecule has 0 radical (unpaired) electrons. The van der Waals surface area contributed by atoms with Crippen LogP contribution in [0.1, 0.15) is 261 Å². The molecule has 5 aromatic carbocycles. The largest absolute Gasteiger partial charge is 0.542 e. The fraction of sp³-hybridized carbons (Fsp3) is 0.398. The summed E-state index contributed by atoms with van der Waals surface area (Å²) in [6, 6.07) is 31.0. The smallest absolute Gasteiger partial charge is 0.249 e. The molecule has 0 N–H and O–H groups in total. The van der Waals surface area contributed by atoms with Gasteiger partial charge < -0.3 is 54.8 Å². The van der Waals surface area contributed by atoms with Crippen molar-refractivity contribution in [3.63, 3.8) is 0 Å². The summed E-state index contributed by atoms with van der Waals surface area (Å²) in [5.74, 6) is 6.57. The first-order valence-electron chi connectivity index (χ1n) is 45.8. The van der Waals surface area contributed by atoms with Gasteiger partial charge in [0, 0.05) is 83.2 Å². The van der Waals surface area contributed by atoms with E-state index in [0.717, 1.165) is 133 Å². The Morgan fingerprint density at radius 3 is 1.25 bits per heavy atom. The number of nitrogens with zero attached hydrogens (tertiary/aromatic N) is 19. The molecule has 0 saturated carbocycles. The maximum Gasteiger partial charge on any atom is 0.249 e. The number of hydrogen-bond acceptors (Lipinski definition) is 18. The first kappa shape index (κ1) is 95.1. The second-order valence-corrected chi connectivity index (χ2v) is 44.9. The third-order valence-corrected chi connectivity index (χ3v) is 28.3. The summed E-state index contributed by atoms with van der Waals surface area (Å²) in [6.45, 7) is 57.3. The SMILES string of the molecule is CCOc1nc(C(C)C)ccc1-n1cnc(C)c1.CCc1cn(-c2ccc(C(C)C)c3cnoc23)cn1.CCc1ncn(-c2ccc(C(C)C)c3cnoc23)n1.COc1nc(C(C)C)ccc1-n1cnc(C)c1.Cc1cn(-c2ccc(C(C)C)c3c2CC3)cn1.Cc1cn(-c2ccc(C(C)C)c3c2O[Si](C)(C)C3)cn1.Cc1cn(-c2ccc(C(C)C)c3c2[Si](C)(C)OC3)cn1. The van der Waals surface area contributed by atoms with Crippen LogP contribution in [0.4, 0.5) is 0 Å². The molecule has 27 heteroatoms. The molecule has 130 heavy (non-hydrogen) atoms. The van der Waals surface area contributed by atoms with Crippen LogP contribution in [0.25, 0.3) is 61.8 Å². The van der Waals surface area contributed by atoms with E-state index in [2.05, 4.69) is 277 Å². The van der Waals surface area contributed by atoms with E-state index in [4.69, 9.17) is 27.4 Å². The Morgan fingerprint density at radius 2 is 0.800 bits per heavy atom.